The van der Waals surface area contributed by atoms with Gasteiger partial charge < -0.3 is 10.1 Å². The lowest BCUT2D eigenvalue weighted by Gasteiger charge is -2.12. The molecule has 1 aromatic rings. The van der Waals surface area contributed by atoms with Crippen molar-refractivity contribution < 1.29 is 9.53 Å². The van der Waals surface area contributed by atoms with Crippen molar-refractivity contribution >= 4 is 5.91 Å². The Kier molecular flexibility index (Phi) is 6.26. The van der Waals surface area contributed by atoms with Crippen molar-refractivity contribution in [2.75, 3.05) is 6.61 Å². The molecule has 0 heterocycles. The molecule has 0 bridgehead atoms. The Morgan fingerprint density at radius 2 is 2.06 bits per heavy atom. The summed E-state index contributed by atoms with van der Waals surface area (Å²) in [5.41, 5.74) is 1.10. The molecule has 0 unspecified atom stereocenters. The molecule has 0 aliphatic rings. The van der Waals surface area contributed by atoms with E-state index in [0.29, 0.717) is 13.0 Å². The monoisotopic (exact) mass is 249 g/mol. The summed E-state index contributed by atoms with van der Waals surface area (Å²) in [4.78, 5) is 11.7. The van der Waals surface area contributed by atoms with E-state index in [1.165, 1.54) is 0 Å². The third kappa shape index (κ3) is 4.78. The van der Waals surface area contributed by atoms with Gasteiger partial charge in [-0.15, -0.1) is 0 Å². The van der Waals surface area contributed by atoms with Gasteiger partial charge in [-0.3, -0.25) is 4.79 Å². The SMILES string of the molecule is CCOc1ccccc1CCC(=O)N[C@H](C)CC. The minimum atomic E-state index is 0.107. The normalized spacial score (nSPS) is 11.9. The van der Waals surface area contributed by atoms with Crippen LogP contribution in [0.5, 0.6) is 5.75 Å². The fraction of sp³-hybridized carbons (Fsp3) is 0.533. The Balaban J connectivity index is 2.50. The third-order valence-electron chi connectivity index (χ3n) is 2.91. The van der Waals surface area contributed by atoms with Gasteiger partial charge in [-0.1, -0.05) is 25.1 Å². The Morgan fingerprint density at radius 1 is 1.33 bits per heavy atom. The van der Waals surface area contributed by atoms with Crippen LogP contribution in [-0.2, 0) is 11.2 Å². The Labute approximate surface area is 110 Å². The van der Waals surface area contributed by atoms with E-state index in [9.17, 15) is 4.79 Å². The summed E-state index contributed by atoms with van der Waals surface area (Å²) >= 11 is 0. The van der Waals surface area contributed by atoms with E-state index in [1.807, 2.05) is 38.1 Å². The fourth-order valence-corrected chi connectivity index (χ4v) is 1.70. The summed E-state index contributed by atoms with van der Waals surface area (Å²) < 4.78 is 5.54. The molecule has 0 radical (unpaired) electrons. The van der Waals surface area contributed by atoms with Gasteiger partial charge in [0.2, 0.25) is 5.91 Å². The van der Waals surface area contributed by atoms with E-state index in [-0.39, 0.29) is 11.9 Å². The predicted octanol–water partition coefficient (Wildman–Crippen LogP) is 2.93. The lowest BCUT2D eigenvalue weighted by molar-refractivity contribution is -0.121. The quantitative estimate of drug-likeness (QED) is 0.807. The summed E-state index contributed by atoms with van der Waals surface area (Å²) in [5.74, 6) is 0.993. The number of hydrogen-bond acceptors (Lipinski definition) is 2. The first-order chi connectivity index (χ1) is 8.67. The van der Waals surface area contributed by atoms with Crippen molar-refractivity contribution in [1.82, 2.24) is 5.32 Å². The highest BCUT2D eigenvalue weighted by molar-refractivity contribution is 5.76. The average molecular weight is 249 g/mol. The molecule has 100 valence electrons. The summed E-state index contributed by atoms with van der Waals surface area (Å²) in [5, 5.41) is 2.97. The van der Waals surface area contributed by atoms with Gasteiger partial charge in [0.05, 0.1) is 6.61 Å². The second-order valence-corrected chi connectivity index (χ2v) is 4.42. The number of para-hydroxylation sites is 1. The first kappa shape index (κ1) is 14.6. The van der Waals surface area contributed by atoms with Crippen molar-refractivity contribution in [3.8, 4) is 5.75 Å². The lowest BCUT2D eigenvalue weighted by atomic mass is 10.1. The number of hydrogen-bond donors (Lipinski definition) is 1. The number of carbonyl (C=O) groups is 1. The molecular formula is C15H23NO2. The van der Waals surface area contributed by atoms with Crippen LogP contribution in [0.4, 0.5) is 0 Å². The average Bonchev–Trinajstić information content (AvgIpc) is 2.38. The molecule has 1 amide bonds. The van der Waals surface area contributed by atoms with Crippen LogP contribution in [0.1, 0.15) is 39.2 Å². The maximum atomic E-state index is 11.7. The molecule has 1 atom stereocenters. The molecule has 0 saturated carbocycles. The molecule has 0 aliphatic heterocycles. The molecule has 1 N–H and O–H groups in total. The third-order valence-corrected chi connectivity index (χ3v) is 2.91. The fourth-order valence-electron chi connectivity index (χ4n) is 1.70. The highest BCUT2D eigenvalue weighted by Crippen LogP contribution is 2.19. The molecule has 1 rings (SSSR count). The van der Waals surface area contributed by atoms with Crippen LogP contribution in [0, 0.1) is 0 Å². The van der Waals surface area contributed by atoms with E-state index in [2.05, 4.69) is 12.2 Å². The number of nitrogens with one attached hydrogen (secondary N) is 1. The zero-order valence-electron chi connectivity index (χ0n) is 11.5. The minimum absolute atomic E-state index is 0.107. The van der Waals surface area contributed by atoms with E-state index >= 15 is 0 Å². The summed E-state index contributed by atoms with van der Waals surface area (Å²) in [6.45, 7) is 6.70. The molecule has 0 aromatic heterocycles. The Morgan fingerprint density at radius 3 is 2.72 bits per heavy atom. The van der Waals surface area contributed by atoms with Gasteiger partial charge in [0, 0.05) is 12.5 Å². The largest absolute Gasteiger partial charge is 0.494 e. The van der Waals surface area contributed by atoms with Crippen molar-refractivity contribution in [3.05, 3.63) is 29.8 Å². The van der Waals surface area contributed by atoms with Crippen LogP contribution in [0.3, 0.4) is 0 Å². The topological polar surface area (TPSA) is 38.3 Å². The maximum Gasteiger partial charge on any atom is 0.220 e. The highest BCUT2D eigenvalue weighted by Gasteiger charge is 2.08. The van der Waals surface area contributed by atoms with Gasteiger partial charge >= 0.3 is 0 Å². The standard InChI is InChI=1S/C15H23NO2/c1-4-12(3)16-15(17)11-10-13-8-6-7-9-14(13)18-5-2/h6-9,12H,4-5,10-11H2,1-3H3,(H,16,17)/t12-/m1/s1. The molecule has 0 aliphatic carbocycles. The molecule has 1 aromatic carbocycles. The number of amides is 1. The highest BCUT2D eigenvalue weighted by atomic mass is 16.5. The molecular weight excluding hydrogens is 226 g/mol. The lowest BCUT2D eigenvalue weighted by Crippen LogP contribution is -2.32. The van der Waals surface area contributed by atoms with Crippen LogP contribution >= 0.6 is 0 Å². The molecule has 0 saturated heterocycles. The van der Waals surface area contributed by atoms with Gasteiger partial charge in [0.15, 0.2) is 0 Å². The summed E-state index contributed by atoms with van der Waals surface area (Å²) in [7, 11) is 0. The van der Waals surface area contributed by atoms with Crippen LogP contribution in [-0.4, -0.2) is 18.6 Å². The second kappa shape index (κ2) is 7.75. The van der Waals surface area contributed by atoms with Crippen molar-refractivity contribution in [2.45, 2.75) is 46.1 Å². The minimum Gasteiger partial charge on any atom is -0.494 e. The van der Waals surface area contributed by atoms with E-state index in [0.717, 1.165) is 24.2 Å². The Hall–Kier alpha value is -1.51. The van der Waals surface area contributed by atoms with Crippen LogP contribution < -0.4 is 10.1 Å². The number of rotatable bonds is 7. The zero-order chi connectivity index (χ0) is 13.4. The van der Waals surface area contributed by atoms with E-state index in [1.54, 1.807) is 0 Å². The van der Waals surface area contributed by atoms with Gasteiger partial charge in [-0.2, -0.15) is 0 Å². The summed E-state index contributed by atoms with van der Waals surface area (Å²) in [6, 6.07) is 8.14. The van der Waals surface area contributed by atoms with Gasteiger partial charge in [0.25, 0.3) is 0 Å². The molecule has 0 spiro atoms. The van der Waals surface area contributed by atoms with Crippen LogP contribution in [0.2, 0.25) is 0 Å². The maximum absolute atomic E-state index is 11.7. The molecule has 18 heavy (non-hydrogen) atoms. The number of carbonyl (C=O) groups excluding carboxylic acids is 1. The van der Waals surface area contributed by atoms with Gasteiger partial charge in [-0.25, -0.2) is 0 Å². The van der Waals surface area contributed by atoms with Crippen molar-refractivity contribution in [1.29, 1.82) is 0 Å². The Bertz CT molecular complexity index is 377. The molecule has 3 heteroatoms. The predicted molar refractivity (Wildman–Crippen MR) is 73.8 cm³/mol. The molecule has 0 fully saturated rings. The summed E-state index contributed by atoms with van der Waals surface area (Å²) in [6.07, 6.45) is 2.19. The van der Waals surface area contributed by atoms with E-state index in [4.69, 9.17) is 4.74 Å². The van der Waals surface area contributed by atoms with E-state index < -0.39 is 0 Å². The van der Waals surface area contributed by atoms with Crippen molar-refractivity contribution in [2.24, 2.45) is 0 Å². The second-order valence-electron chi connectivity index (χ2n) is 4.42. The van der Waals surface area contributed by atoms with Crippen LogP contribution in [0.15, 0.2) is 24.3 Å². The number of benzene rings is 1. The van der Waals surface area contributed by atoms with Gasteiger partial charge in [0.1, 0.15) is 5.75 Å². The smallest absolute Gasteiger partial charge is 0.220 e. The van der Waals surface area contributed by atoms with Gasteiger partial charge in [-0.05, 0) is 38.3 Å². The van der Waals surface area contributed by atoms with Crippen LogP contribution in [0.25, 0.3) is 0 Å². The number of ether oxygens (including phenoxy) is 1. The zero-order valence-corrected chi connectivity index (χ0v) is 11.5. The first-order valence-corrected chi connectivity index (χ1v) is 6.67. The molecule has 3 nitrogen and oxygen atoms in total. The first-order valence-electron chi connectivity index (χ1n) is 6.67. The van der Waals surface area contributed by atoms with Crippen molar-refractivity contribution in [3.63, 3.8) is 0 Å². The number of aryl methyl sites for hydroxylation is 1.